The number of rotatable bonds is 11. The molecule has 242 valence electrons. The van der Waals surface area contributed by atoms with Gasteiger partial charge in [0.05, 0.1) is 122 Å². The van der Waals surface area contributed by atoms with Crippen LogP contribution in [0.15, 0.2) is 0 Å². The van der Waals surface area contributed by atoms with Gasteiger partial charge in [-0.25, -0.2) is 0 Å². The van der Waals surface area contributed by atoms with Crippen molar-refractivity contribution in [1.29, 1.82) is 0 Å². The van der Waals surface area contributed by atoms with Gasteiger partial charge >= 0.3 is 0 Å². The molecule has 0 aromatic heterocycles. The molecule has 0 heterocycles. The molecule has 0 saturated carbocycles. The number of quaternary nitrogens is 4. The Morgan fingerprint density at radius 1 is 0.500 bits per heavy atom. The summed E-state index contributed by atoms with van der Waals surface area (Å²) in [7, 11) is 23.1. The molecule has 0 aliphatic rings. The summed E-state index contributed by atoms with van der Waals surface area (Å²) in [5.41, 5.74) is 0. The third-order valence-electron chi connectivity index (χ3n) is 3.53. The Kier molecular flexibility index (Phi) is 26.4. The second-order valence-corrected chi connectivity index (χ2v) is 12.6. The Bertz CT molecular complexity index is 647. The molecule has 0 aliphatic heterocycles. The number of aliphatic hydroxyl groups is 4. The van der Waals surface area contributed by atoms with Crippen molar-refractivity contribution in [2.45, 2.75) is 12.2 Å². The van der Waals surface area contributed by atoms with Crippen molar-refractivity contribution in [3.05, 3.63) is 0 Å². The molecule has 16 nitrogen and oxygen atoms in total. The first-order valence-corrected chi connectivity index (χ1v) is 12.0. The molecule has 0 aromatic rings. The van der Waals surface area contributed by atoms with E-state index < -0.39 is 36.1 Å². The predicted octanol–water partition coefficient (Wildman–Crippen LogP) is -8.54. The lowest BCUT2D eigenvalue weighted by Gasteiger charge is -2.23. The van der Waals surface area contributed by atoms with Crippen molar-refractivity contribution in [2.75, 3.05) is 124 Å². The van der Waals surface area contributed by atoms with Crippen molar-refractivity contribution in [1.82, 2.24) is 0 Å². The largest absolute Gasteiger partial charge is 0.547 e. The molecule has 16 heteroatoms. The van der Waals surface area contributed by atoms with Gasteiger partial charge in [0.1, 0.15) is 38.4 Å². The highest BCUT2D eigenvalue weighted by atomic mass is 16.4. The summed E-state index contributed by atoms with van der Waals surface area (Å²) < 4.78 is 2.53. The number of carbonyl (C=O) groups is 4. The molecule has 0 aromatic carbocycles. The van der Waals surface area contributed by atoms with Crippen LogP contribution >= 0.6 is 0 Å². The van der Waals surface area contributed by atoms with Gasteiger partial charge in [-0.05, 0) is 0 Å². The third kappa shape index (κ3) is 55.9. The van der Waals surface area contributed by atoms with Crippen molar-refractivity contribution >= 4 is 23.9 Å². The minimum absolute atomic E-state index is 0.0694. The molecule has 0 unspecified atom stereocenters. The second-order valence-electron chi connectivity index (χ2n) is 12.6. The molecule has 40 heavy (non-hydrogen) atoms. The van der Waals surface area contributed by atoms with Crippen LogP contribution in [0.4, 0.5) is 0 Å². The maximum atomic E-state index is 9.89. The van der Waals surface area contributed by atoms with Crippen molar-refractivity contribution in [3.63, 3.8) is 0 Å². The zero-order valence-electron chi connectivity index (χ0n) is 26.2. The Labute approximate surface area is 238 Å². The van der Waals surface area contributed by atoms with Crippen LogP contribution in [0, 0.1) is 0 Å². The van der Waals surface area contributed by atoms with Gasteiger partial charge in [0.2, 0.25) is 0 Å². The SMILES string of the molecule is C[N+](C)(C)CC(=O)[O-].C[N+](C)(C)CC(=O)[O-].C[N+](C)(C)CCO.C[N+](C)(C)CCO.O=C([O-])[C@H](O)[C@@H](O)C(=O)[O-]. The second kappa shape index (κ2) is 22.3. The summed E-state index contributed by atoms with van der Waals surface area (Å²) in [4.78, 5) is 39.0. The molecule has 0 amide bonds. The summed E-state index contributed by atoms with van der Waals surface area (Å²) in [5.74, 6) is -6.12. The molecule has 0 saturated heterocycles. The average molecular weight is 591 g/mol. The first-order chi connectivity index (χ1) is 17.4. The molecule has 0 rings (SSSR count). The lowest BCUT2D eigenvalue weighted by Crippen LogP contribution is -2.51. The van der Waals surface area contributed by atoms with Crippen LogP contribution in [-0.2, 0) is 19.2 Å². The number of carboxylic acids is 4. The van der Waals surface area contributed by atoms with Crippen LogP contribution < -0.4 is 20.4 Å². The van der Waals surface area contributed by atoms with E-state index in [2.05, 4.69) is 42.3 Å². The molecule has 0 radical (unpaired) electrons. The highest BCUT2D eigenvalue weighted by Crippen LogP contribution is 1.89. The molecular formula is C24H54N4O12. The molecule has 0 spiro atoms. The van der Waals surface area contributed by atoms with Gasteiger partial charge in [-0.1, -0.05) is 0 Å². The fraction of sp³-hybridized carbons (Fsp3) is 0.833. The monoisotopic (exact) mass is 590 g/mol. The van der Waals surface area contributed by atoms with Gasteiger partial charge in [0, 0.05) is 0 Å². The topological polar surface area (TPSA) is 241 Å². The smallest absolute Gasteiger partial charge is 0.124 e. The predicted molar refractivity (Wildman–Crippen MR) is 138 cm³/mol. The Morgan fingerprint density at radius 3 is 0.725 bits per heavy atom. The van der Waals surface area contributed by atoms with Crippen LogP contribution in [0.25, 0.3) is 0 Å². The van der Waals surface area contributed by atoms with Gasteiger partial charge < -0.3 is 78.0 Å². The van der Waals surface area contributed by atoms with Crippen molar-refractivity contribution in [2.24, 2.45) is 0 Å². The van der Waals surface area contributed by atoms with E-state index in [1.165, 1.54) is 0 Å². The summed E-state index contributed by atoms with van der Waals surface area (Å²) in [6.45, 7) is 2.37. The molecular weight excluding hydrogens is 536 g/mol. The van der Waals surface area contributed by atoms with Gasteiger partial charge in [-0.15, -0.1) is 0 Å². The quantitative estimate of drug-likeness (QED) is 0.164. The first kappa shape index (κ1) is 47.4. The van der Waals surface area contributed by atoms with E-state index in [9.17, 15) is 39.6 Å². The van der Waals surface area contributed by atoms with E-state index in [0.29, 0.717) is 8.97 Å². The standard InChI is InChI=1S/2C5H11NO2.2C5H14NO.C4H6O6/c2*1-6(2,3)4-5(7)8;2*1-6(2,3)4-5-7;5-1(3(7)8)2(6)4(9)10/h2*4H2,1-3H3;2*7H,4-5H2,1-3H3;1-2,5-6H,(H,7,8)(H,9,10)/q;;2*+1;/p-2/t;;;;1-,2-/m....1/s1. The molecule has 0 bridgehead atoms. The number of nitrogens with zero attached hydrogens (tertiary/aromatic N) is 4. The van der Waals surface area contributed by atoms with E-state index >= 15 is 0 Å². The summed E-state index contributed by atoms with van der Waals surface area (Å²) in [5, 5.41) is 72.3. The highest BCUT2D eigenvalue weighted by Gasteiger charge is 2.17. The van der Waals surface area contributed by atoms with Gasteiger partial charge in [-0.2, -0.15) is 0 Å². The van der Waals surface area contributed by atoms with E-state index in [1.807, 2.05) is 0 Å². The molecule has 0 fully saturated rings. The fourth-order valence-corrected chi connectivity index (χ4v) is 1.63. The third-order valence-corrected chi connectivity index (χ3v) is 3.53. The lowest BCUT2D eigenvalue weighted by molar-refractivity contribution is -0.870. The maximum absolute atomic E-state index is 9.89. The summed E-state index contributed by atoms with van der Waals surface area (Å²) >= 11 is 0. The Morgan fingerprint density at radius 2 is 0.700 bits per heavy atom. The number of carboxylic acid groups (broad SMARTS) is 4. The van der Waals surface area contributed by atoms with Crippen LogP contribution in [0.2, 0.25) is 0 Å². The number of likely N-dealkylation sites (N-methyl/N-ethyl adjacent to an activating group) is 4. The van der Waals surface area contributed by atoms with Gasteiger partial charge in [0.25, 0.3) is 0 Å². The first-order valence-electron chi connectivity index (χ1n) is 12.0. The van der Waals surface area contributed by atoms with E-state index in [4.69, 9.17) is 20.4 Å². The van der Waals surface area contributed by atoms with Crippen LogP contribution in [0.5, 0.6) is 0 Å². The zero-order valence-corrected chi connectivity index (χ0v) is 26.2. The van der Waals surface area contributed by atoms with E-state index in [1.54, 1.807) is 42.3 Å². The molecule has 2 atom stereocenters. The van der Waals surface area contributed by atoms with Crippen LogP contribution in [0.1, 0.15) is 0 Å². The van der Waals surface area contributed by atoms with Crippen molar-refractivity contribution < 1.29 is 78.0 Å². The number of hydrogen-bond acceptors (Lipinski definition) is 12. The zero-order chi connectivity index (χ0) is 33.7. The maximum Gasteiger partial charge on any atom is 0.124 e. The van der Waals surface area contributed by atoms with Crippen molar-refractivity contribution in [3.8, 4) is 0 Å². The lowest BCUT2D eigenvalue weighted by atomic mass is 10.2. The normalized spacial score (nSPS) is 12.7. The minimum atomic E-state index is -2.44. The number of hydrogen-bond donors (Lipinski definition) is 4. The number of carbonyl (C=O) groups excluding carboxylic acids is 4. The van der Waals surface area contributed by atoms with Crippen LogP contribution in [0.3, 0.4) is 0 Å². The minimum Gasteiger partial charge on any atom is -0.547 e. The summed E-state index contributed by atoms with van der Waals surface area (Å²) in [6.07, 6.45) is -4.88. The molecule has 0 aliphatic carbocycles. The van der Waals surface area contributed by atoms with Crippen LogP contribution in [-0.4, -0.2) is 198 Å². The number of aliphatic carboxylic acids is 4. The molecule has 4 N–H and O–H groups in total. The van der Waals surface area contributed by atoms with E-state index in [-0.39, 0.29) is 26.3 Å². The van der Waals surface area contributed by atoms with Gasteiger partial charge in [-0.3, -0.25) is 0 Å². The Hall–Kier alpha value is -2.44. The highest BCUT2D eigenvalue weighted by molar-refractivity contribution is 5.80. The fourth-order valence-electron chi connectivity index (χ4n) is 1.63. The Balaban J connectivity index is -0.000000128. The summed E-state index contributed by atoms with van der Waals surface area (Å²) in [6, 6.07) is 0. The van der Waals surface area contributed by atoms with E-state index in [0.717, 1.165) is 22.1 Å². The van der Waals surface area contributed by atoms with Gasteiger partial charge in [0.15, 0.2) is 0 Å². The number of aliphatic hydroxyl groups excluding tert-OH is 4. The average Bonchev–Trinajstić information content (AvgIpc) is 2.62.